The molecule has 0 saturated carbocycles. The van der Waals surface area contributed by atoms with Crippen molar-refractivity contribution in [1.82, 2.24) is 20.1 Å². The van der Waals surface area contributed by atoms with Gasteiger partial charge in [-0.15, -0.1) is 0 Å². The molecule has 2 atom stereocenters. The fraction of sp³-hybridized carbons (Fsp3) is 0.118. The Morgan fingerprint density at radius 1 is 0.780 bits per heavy atom. The van der Waals surface area contributed by atoms with E-state index in [9.17, 15) is 14.7 Å². The van der Waals surface area contributed by atoms with E-state index in [-0.39, 0.29) is 23.6 Å². The molecule has 2 heterocycles. The maximum Gasteiger partial charge on any atom is 0.335 e. The van der Waals surface area contributed by atoms with Crippen molar-refractivity contribution in [2.45, 2.75) is 25.9 Å². The Kier molecular flexibility index (Phi) is 6.77. The highest BCUT2D eigenvalue weighted by molar-refractivity contribution is 6.07. The Morgan fingerprint density at radius 3 is 2.27 bits per heavy atom. The molecule has 0 bridgehead atoms. The Hall–Kier alpha value is -5.30. The number of nitrogens with one attached hydrogen (secondary N) is 1. The zero-order valence-corrected chi connectivity index (χ0v) is 22.7. The summed E-state index contributed by atoms with van der Waals surface area (Å²) < 4.78 is 1.89. The molecule has 7 heteroatoms. The first-order valence-corrected chi connectivity index (χ1v) is 13.4. The topological polar surface area (TPSA) is 97.1 Å². The van der Waals surface area contributed by atoms with E-state index in [0.717, 1.165) is 44.1 Å². The van der Waals surface area contributed by atoms with Crippen molar-refractivity contribution in [3.8, 4) is 11.1 Å². The maximum atomic E-state index is 13.9. The van der Waals surface area contributed by atoms with Gasteiger partial charge in [0, 0.05) is 17.0 Å². The number of rotatable bonds is 7. The average Bonchev–Trinajstić information content (AvgIpc) is 3.44. The number of nitrogens with zero attached hydrogens (tertiary/aromatic N) is 3. The van der Waals surface area contributed by atoms with E-state index in [2.05, 4.69) is 29.4 Å². The molecule has 0 radical (unpaired) electrons. The van der Waals surface area contributed by atoms with Crippen molar-refractivity contribution in [3.05, 3.63) is 132 Å². The number of para-hydroxylation sites is 1. The van der Waals surface area contributed by atoms with E-state index in [0.29, 0.717) is 5.56 Å². The minimum absolute atomic E-state index is 0.181. The molecule has 0 aliphatic carbocycles. The van der Waals surface area contributed by atoms with Crippen LogP contribution in [-0.2, 0) is 0 Å². The third-order valence-corrected chi connectivity index (χ3v) is 7.51. The summed E-state index contributed by atoms with van der Waals surface area (Å²) in [6.45, 7) is 3.93. The summed E-state index contributed by atoms with van der Waals surface area (Å²) in [5.41, 5.74) is 6.07. The lowest BCUT2D eigenvalue weighted by Crippen LogP contribution is -2.27. The number of fused-ring (bicyclic) bond motifs is 2. The second-order valence-corrected chi connectivity index (χ2v) is 10.2. The number of amides is 1. The van der Waals surface area contributed by atoms with Gasteiger partial charge in [0.05, 0.1) is 40.4 Å². The average molecular weight is 541 g/mol. The van der Waals surface area contributed by atoms with Crippen LogP contribution in [-0.4, -0.2) is 31.7 Å². The lowest BCUT2D eigenvalue weighted by molar-refractivity contribution is 0.0696. The van der Waals surface area contributed by atoms with E-state index in [1.807, 2.05) is 78.5 Å². The minimum atomic E-state index is -0.989. The fourth-order valence-corrected chi connectivity index (χ4v) is 5.19. The quantitative estimate of drug-likeness (QED) is 0.226. The summed E-state index contributed by atoms with van der Waals surface area (Å²) in [6, 6.07) is 30.0. The Morgan fingerprint density at radius 2 is 1.51 bits per heavy atom. The summed E-state index contributed by atoms with van der Waals surface area (Å²) >= 11 is 0. The van der Waals surface area contributed by atoms with Gasteiger partial charge in [0.2, 0.25) is 0 Å². The molecule has 0 aliphatic rings. The number of carboxylic acid groups (broad SMARTS) is 1. The number of carboxylic acids is 1. The molecule has 4 aromatic carbocycles. The highest BCUT2D eigenvalue weighted by atomic mass is 16.4. The molecule has 6 rings (SSSR count). The lowest BCUT2D eigenvalue weighted by Gasteiger charge is -2.19. The van der Waals surface area contributed by atoms with Crippen molar-refractivity contribution >= 4 is 33.7 Å². The molecule has 202 valence electrons. The summed E-state index contributed by atoms with van der Waals surface area (Å²) in [6.07, 6.45) is 3.67. The highest BCUT2D eigenvalue weighted by Crippen LogP contribution is 2.32. The van der Waals surface area contributed by atoms with Gasteiger partial charge in [0.15, 0.2) is 0 Å². The van der Waals surface area contributed by atoms with Crippen LogP contribution < -0.4 is 5.32 Å². The van der Waals surface area contributed by atoms with Crippen LogP contribution in [0.5, 0.6) is 0 Å². The van der Waals surface area contributed by atoms with E-state index in [4.69, 9.17) is 5.10 Å². The first-order chi connectivity index (χ1) is 19.9. The SMILES string of the molecule is C[C@H](NC(=O)c1cc(-c2ccccc2)cc2cnn([C@@H](C)c3cnc4ccccc4c3)c12)c1ccc(C(=O)O)cc1. The predicted octanol–water partition coefficient (Wildman–Crippen LogP) is 7.05. The molecule has 7 nitrogen and oxygen atoms in total. The fourth-order valence-electron chi connectivity index (χ4n) is 5.19. The molecule has 41 heavy (non-hydrogen) atoms. The van der Waals surface area contributed by atoms with E-state index < -0.39 is 5.97 Å². The van der Waals surface area contributed by atoms with Crippen LogP contribution in [0.3, 0.4) is 0 Å². The summed E-state index contributed by atoms with van der Waals surface area (Å²) in [5.74, 6) is -1.23. The zero-order chi connectivity index (χ0) is 28.5. The molecule has 2 N–H and O–H groups in total. The van der Waals surface area contributed by atoms with Crippen LogP contribution in [0.25, 0.3) is 32.9 Å². The second kappa shape index (κ2) is 10.7. The Labute approximate surface area is 237 Å². The Bertz CT molecular complexity index is 1900. The monoisotopic (exact) mass is 540 g/mol. The third kappa shape index (κ3) is 5.05. The summed E-state index contributed by atoms with van der Waals surface area (Å²) in [7, 11) is 0. The third-order valence-electron chi connectivity index (χ3n) is 7.51. The van der Waals surface area contributed by atoms with Crippen LogP contribution in [0.1, 0.15) is 57.8 Å². The number of carbonyl (C=O) groups excluding carboxylic acids is 1. The Balaban J connectivity index is 1.42. The van der Waals surface area contributed by atoms with Gasteiger partial charge in [-0.1, -0.05) is 60.7 Å². The van der Waals surface area contributed by atoms with Gasteiger partial charge < -0.3 is 10.4 Å². The van der Waals surface area contributed by atoms with E-state index in [1.165, 1.54) is 0 Å². The van der Waals surface area contributed by atoms with Crippen LogP contribution in [0.2, 0.25) is 0 Å². The number of pyridine rings is 1. The zero-order valence-electron chi connectivity index (χ0n) is 22.7. The molecule has 6 aromatic rings. The van der Waals surface area contributed by atoms with Crippen molar-refractivity contribution < 1.29 is 14.7 Å². The molecule has 0 saturated heterocycles. The van der Waals surface area contributed by atoms with E-state index in [1.54, 1.807) is 30.5 Å². The number of hydrogen-bond acceptors (Lipinski definition) is 4. The number of benzene rings is 4. The number of aromatic nitrogens is 3. The van der Waals surface area contributed by atoms with Gasteiger partial charge in [-0.3, -0.25) is 14.5 Å². The minimum Gasteiger partial charge on any atom is -0.478 e. The van der Waals surface area contributed by atoms with Crippen LogP contribution >= 0.6 is 0 Å². The molecular weight excluding hydrogens is 512 g/mol. The van der Waals surface area contributed by atoms with Crippen molar-refractivity contribution in [1.29, 1.82) is 0 Å². The van der Waals surface area contributed by atoms with Crippen molar-refractivity contribution in [2.24, 2.45) is 0 Å². The van der Waals surface area contributed by atoms with Crippen LogP contribution in [0.15, 0.2) is 109 Å². The van der Waals surface area contributed by atoms with Gasteiger partial charge in [0.1, 0.15) is 0 Å². The second-order valence-electron chi connectivity index (χ2n) is 10.2. The normalized spacial score (nSPS) is 12.7. The van der Waals surface area contributed by atoms with Gasteiger partial charge >= 0.3 is 5.97 Å². The molecule has 0 unspecified atom stereocenters. The number of carbonyl (C=O) groups is 2. The summed E-state index contributed by atoms with van der Waals surface area (Å²) in [4.78, 5) is 29.8. The largest absolute Gasteiger partial charge is 0.478 e. The maximum absolute atomic E-state index is 13.9. The molecular formula is C34H28N4O3. The van der Waals surface area contributed by atoms with Gasteiger partial charge in [0.25, 0.3) is 5.91 Å². The first kappa shape index (κ1) is 26.0. The van der Waals surface area contributed by atoms with Crippen molar-refractivity contribution in [2.75, 3.05) is 0 Å². The molecule has 0 spiro atoms. The number of aromatic carboxylic acids is 1. The predicted molar refractivity (Wildman–Crippen MR) is 160 cm³/mol. The van der Waals surface area contributed by atoms with Crippen LogP contribution in [0.4, 0.5) is 0 Å². The highest BCUT2D eigenvalue weighted by Gasteiger charge is 2.22. The summed E-state index contributed by atoms with van der Waals surface area (Å²) in [5, 5.41) is 19.0. The smallest absolute Gasteiger partial charge is 0.335 e. The van der Waals surface area contributed by atoms with Crippen molar-refractivity contribution in [3.63, 3.8) is 0 Å². The molecule has 0 aliphatic heterocycles. The standard InChI is InChI=1S/C34H28N4O3/c1-21(23-12-14-25(15-13-23)34(40)41)37-33(39)30-18-27(24-8-4-3-5-9-24)17-29-20-36-38(32(29)30)22(2)28-16-26-10-6-7-11-31(26)35-19-28/h3-22H,1-2H3,(H,37,39)(H,40,41)/t21-,22-/m0/s1. The van der Waals surface area contributed by atoms with E-state index >= 15 is 0 Å². The molecule has 1 amide bonds. The van der Waals surface area contributed by atoms with Gasteiger partial charge in [-0.2, -0.15) is 5.10 Å². The number of hydrogen-bond donors (Lipinski definition) is 2. The van der Waals surface area contributed by atoms with Crippen LogP contribution in [0, 0.1) is 0 Å². The lowest BCUT2D eigenvalue weighted by atomic mass is 9.99. The van der Waals surface area contributed by atoms with Gasteiger partial charge in [-0.25, -0.2) is 4.79 Å². The molecule has 2 aromatic heterocycles. The molecule has 0 fully saturated rings. The van der Waals surface area contributed by atoms with Gasteiger partial charge in [-0.05, 0) is 72.5 Å². The first-order valence-electron chi connectivity index (χ1n) is 13.4.